The third-order valence-electron chi connectivity index (χ3n) is 0.620. The van der Waals surface area contributed by atoms with E-state index in [0.29, 0.717) is 19.3 Å². The lowest BCUT2D eigenvalue weighted by atomic mass is 10.3. The molecule has 3 heteroatoms. The second-order valence-electron chi connectivity index (χ2n) is 1.28. The van der Waals surface area contributed by atoms with Gasteiger partial charge in [-0.15, -0.1) is 0 Å². The van der Waals surface area contributed by atoms with Crippen molar-refractivity contribution in [1.82, 2.24) is 0 Å². The number of aliphatic hydroxyl groups excluding tert-OH is 1. The summed E-state index contributed by atoms with van der Waals surface area (Å²) in [5.74, 6) is 0. The quantitative estimate of drug-likeness (QED) is 0.445. The summed E-state index contributed by atoms with van der Waals surface area (Å²) in [5, 5.41) is 8.41. The Morgan fingerprint density at radius 2 is 2.43 bits per heavy atom. The minimum absolute atomic E-state index is 0.361. The van der Waals surface area contributed by atoms with E-state index in [1.165, 1.54) is 0 Å². The van der Waals surface area contributed by atoms with Crippen LogP contribution in [0.4, 0.5) is 0 Å². The van der Waals surface area contributed by atoms with Gasteiger partial charge in [-0.05, 0) is 13.0 Å². The Morgan fingerprint density at radius 3 is 2.57 bits per heavy atom. The molecule has 0 rings (SSSR count). The molecule has 3 nitrogen and oxygen atoms in total. The molecular weight excluding hydrogens is 94.0 g/mol. The Hall–Kier alpha value is -0.410. The van der Waals surface area contributed by atoms with E-state index in [1.54, 1.807) is 0 Å². The second-order valence-corrected chi connectivity index (χ2v) is 1.28. The smallest absolute Gasteiger partial charge is 0.148 e. The molecule has 0 unspecified atom stereocenters. The van der Waals surface area contributed by atoms with Crippen molar-refractivity contribution in [3.8, 4) is 0 Å². The van der Waals surface area contributed by atoms with Crippen molar-refractivity contribution in [2.75, 3.05) is 6.54 Å². The van der Waals surface area contributed by atoms with Gasteiger partial charge in [-0.2, -0.15) is 0 Å². The Balaban J connectivity index is 2.98. The van der Waals surface area contributed by atoms with Crippen LogP contribution < -0.4 is 5.73 Å². The summed E-state index contributed by atoms with van der Waals surface area (Å²) in [7, 11) is 0. The predicted octanol–water partition coefficient (Wildman–Crippen LogP) is -1.10. The standard InChI is InChI=1S/C4H9NO2/c5-2-1-4(7)3-6/h3-4,7H,1-2,5H2/t4-/m0/s1. The molecule has 0 fully saturated rings. The number of hydrogen-bond donors (Lipinski definition) is 2. The molecule has 0 aromatic carbocycles. The minimum atomic E-state index is -0.856. The zero-order valence-electron chi connectivity index (χ0n) is 4.00. The van der Waals surface area contributed by atoms with Crippen LogP contribution in [-0.4, -0.2) is 24.0 Å². The zero-order chi connectivity index (χ0) is 5.70. The van der Waals surface area contributed by atoms with Crippen LogP contribution in [-0.2, 0) is 4.79 Å². The molecule has 0 radical (unpaired) electrons. The number of carbonyl (C=O) groups is 1. The first-order valence-electron chi connectivity index (χ1n) is 2.14. The van der Waals surface area contributed by atoms with Crippen LogP contribution >= 0.6 is 0 Å². The summed E-state index contributed by atoms with van der Waals surface area (Å²) in [6, 6.07) is 0. The first-order valence-corrected chi connectivity index (χ1v) is 2.14. The van der Waals surface area contributed by atoms with Crippen molar-refractivity contribution in [3.63, 3.8) is 0 Å². The molecule has 7 heavy (non-hydrogen) atoms. The van der Waals surface area contributed by atoms with Gasteiger partial charge in [-0.25, -0.2) is 0 Å². The summed E-state index contributed by atoms with van der Waals surface area (Å²) < 4.78 is 0. The van der Waals surface area contributed by atoms with Gasteiger partial charge in [0.25, 0.3) is 0 Å². The molecule has 1 atom stereocenters. The van der Waals surface area contributed by atoms with Crippen LogP contribution in [0.15, 0.2) is 0 Å². The van der Waals surface area contributed by atoms with Gasteiger partial charge in [0.05, 0.1) is 0 Å². The third kappa shape index (κ3) is 3.42. The molecule has 0 saturated heterocycles. The summed E-state index contributed by atoms with van der Waals surface area (Å²) in [4.78, 5) is 9.59. The molecule has 0 bridgehead atoms. The van der Waals surface area contributed by atoms with Crippen LogP contribution in [0.5, 0.6) is 0 Å². The van der Waals surface area contributed by atoms with Crippen LogP contribution in [0, 0.1) is 0 Å². The molecular formula is C4H9NO2. The Bertz CT molecular complexity index is 55.7. The normalized spacial score (nSPS) is 13.4. The van der Waals surface area contributed by atoms with Crippen molar-refractivity contribution in [2.24, 2.45) is 5.73 Å². The van der Waals surface area contributed by atoms with E-state index in [0.717, 1.165) is 0 Å². The summed E-state index contributed by atoms with van der Waals surface area (Å²) in [5.41, 5.74) is 4.99. The van der Waals surface area contributed by atoms with E-state index in [2.05, 4.69) is 0 Å². The number of rotatable bonds is 3. The number of aldehydes is 1. The zero-order valence-corrected chi connectivity index (χ0v) is 4.00. The molecule has 42 valence electrons. The monoisotopic (exact) mass is 103 g/mol. The van der Waals surface area contributed by atoms with Crippen LogP contribution in [0.25, 0.3) is 0 Å². The predicted molar refractivity (Wildman–Crippen MR) is 25.7 cm³/mol. The second kappa shape index (κ2) is 3.77. The first kappa shape index (κ1) is 6.59. The van der Waals surface area contributed by atoms with E-state index in [1.807, 2.05) is 0 Å². The molecule has 0 aliphatic heterocycles. The minimum Gasteiger partial charge on any atom is -0.386 e. The van der Waals surface area contributed by atoms with Gasteiger partial charge in [0.15, 0.2) is 0 Å². The van der Waals surface area contributed by atoms with Gasteiger partial charge >= 0.3 is 0 Å². The fourth-order valence-corrected chi connectivity index (χ4v) is 0.239. The summed E-state index contributed by atoms with van der Waals surface area (Å²) in [6.07, 6.45) is -0.0129. The maximum absolute atomic E-state index is 9.59. The number of aliphatic hydroxyl groups is 1. The highest BCUT2D eigenvalue weighted by atomic mass is 16.3. The highest BCUT2D eigenvalue weighted by molar-refractivity contribution is 5.55. The van der Waals surface area contributed by atoms with Crippen LogP contribution in [0.2, 0.25) is 0 Å². The van der Waals surface area contributed by atoms with Gasteiger partial charge in [0.1, 0.15) is 12.4 Å². The van der Waals surface area contributed by atoms with Gasteiger partial charge in [-0.1, -0.05) is 0 Å². The van der Waals surface area contributed by atoms with Gasteiger partial charge < -0.3 is 15.6 Å². The molecule has 0 aliphatic rings. The summed E-state index contributed by atoms with van der Waals surface area (Å²) >= 11 is 0. The first-order chi connectivity index (χ1) is 3.31. The lowest BCUT2D eigenvalue weighted by Gasteiger charge is -1.94. The lowest BCUT2D eigenvalue weighted by Crippen LogP contribution is -2.13. The van der Waals surface area contributed by atoms with E-state index in [9.17, 15) is 4.79 Å². The van der Waals surface area contributed by atoms with Gasteiger partial charge in [0.2, 0.25) is 0 Å². The van der Waals surface area contributed by atoms with E-state index >= 15 is 0 Å². The Labute approximate surface area is 42.1 Å². The van der Waals surface area contributed by atoms with E-state index < -0.39 is 6.10 Å². The van der Waals surface area contributed by atoms with Crippen molar-refractivity contribution in [3.05, 3.63) is 0 Å². The van der Waals surface area contributed by atoms with Crippen molar-refractivity contribution in [1.29, 1.82) is 0 Å². The lowest BCUT2D eigenvalue weighted by molar-refractivity contribution is -0.115. The van der Waals surface area contributed by atoms with Gasteiger partial charge in [-0.3, -0.25) is 0 Å². The average molecular weight is 103 g/mol. The molecule has 0 spiro atoms. The fraction of sp³-hybridized carbons (Fsp3) is 0.750. The van der Waals surface area contributed by atoms with E-state index in [4.69, 9.17) is 10.8 Å². The molecule has 0 aromatic rings. The topological polar surface area (TPSA) is 63.3 Å². The molecule has 3 N–H and O–H groups in total. The Morgan fingerprint density at radius 1 is 1.86 bits per heavy atom. The largest absolute Gasteiger partial charge is 0.386 e. The number of carbonyl (C=O) groups excluding carboxylic acids is 1. The van der Waals surface area contributed by atoms with Gasteiger partial charge in [0, 0.05) is 0 Å². The third-order valence-corrected chi connectivity index (χ3v) is 0.620. The summed E-state index contributed by atoms with van der Waals surface area (Å²) in [6.45, 7) is 0.361. The van der Waals surface area contributed by atoms with E-state index in [-0.39, 0.29) is 0 Å². The molecule has 0 amide bonds. The van der Waals surface area contributed by atoms with Crippen LogP contribution in [0.1, 0.15) is 6.42 Å². The van der Waals surface area contributed by atoms with Crippen molar-refractivity contribution < 1.29 is 9.90 Å². The number of hydrogen-bond acceptors (Lipinski definition) is 3. The van der Waals surface area contributed by atoms with Crippen LogP contribution in [0.3, 0.4) is 0 Å². The molecule has 0 aromatic heterocycles. The highest BCUT2D eigenvalue weighted by Crippen LogP contribution is 1.79. The molecule has 0 heterocycles. The highest BCUT2D eigenvalue weighted by Gasteiger charge is 1.95. The SMILES string of the molecule is NCC[C@H](O)C=O. The average Bonchev–Trinajstić information content (AvgIpc) is 1.68. The maximum atomic E-state index is 9.59. The van der Waals surface area contributed by atoms with Crippen molar-refractivity contribution >= 4 is 6.29 Å². The fourth-order valence-electron chi connectivity index (χ4n) is 0.239. The Kier molecular flexibility index (Phi) is 3.55. The molecule has 0 saturated carbocycles. The van der Waals surface area contributed by atoms with Crippen molar-refractivity contribution in [2.45, 2.75) is 12.5 Å². The number of nitrogens with two attached hydrogens (primary N) is 1. The maximum Gasteiger partial charge on any atom is 0.148 e. The molecule has 0 aliphatic carbocycles.